The summed E-state index contributed by atoms with van der Waals surface area (Å²) in [6.45, 7) is 0.253. The third-order valence-corrected chi connectivity index (χ3v) is 4.92. The minimum atomic E-state index is -1.27. The van der Waals surface area contributed by atoms with Gasteiger partial charge in [-0.05, 0) is 6.42 Å². The highest BCUT2D eigenvalue weighted by Gasteiger charge is 2.48. The molecule has 0 aromatic rings. The molecule has 11 heteroatoms. The van der Waals surface area contributed by atoms with Gasteiger partial charge in [0.25, 0.3) is 0 Å². The number of aliphatic hydroxyl groups is 3. The molecule has 10 atom stereocenters. The lowest BCUT2D eigenvalue weighted by Crippen LogP contribution is -2.67. The Hall–Kier alpha value is -0.0500. The molecule has 0 spiro atoms. The first-order valence-electron chi connectivity index (χ1n) is 8.36. The fraction of sp³-hybridized carbons (Fsp3) is 1.00. The first-order chi connectivity index (χ1) is 11.8. The van der Waals surface area contributed by atoms with Crippen molar-refractivity contribution in [3.05, 3.63) is 0 Å². The van der Waals surface area contributed by atoms with Gasteiger partial charge in [-0.1, -0.05) is 0 Å². The van der Waals surface area contributed by atoms with Gasteiger partial charge in [-0.15, -0.1) is 0 Å². The van der Waals surface area contributed by atoms with E-state index < -0.39 is 61.0 Å². The van der Waals surface area contributed by atoms with Crippen molar-refractivity contribution in [2.45, 2.75) is 67.5 Å². The number of rotatable bonds is 6. The topological polar surface area (TPSA) is 192 Å². The summed E-state index contributed by atoms with van der Waals surface area (Å²) in [6, 6.07) is -2.09. The molecule has 25 heavy (non-hydrogen) atoms. The van der Waals surface area contributed by atoms with Gasteiger partial charge in [0.05, 0.1) is 18.8 Å². The van der Waals surface area contributed by atoms with Gasteiger partial charge in [0.15, 0.2) is 6.29 Å². The second-order valence-corrected chi connectivity index (χ2v) is 7.00. The maximum Gasteiger partial charge on any atom is 0.176 e. The van der Waals surface area contributed by atoms with E-state index in [0.717, 1.165) is 0 Å². The van der Waals surface area contributed by atoms with E-state index in [1.807, 2.05) is 0 Å². The molecule has 0 aromatic carbocycles. The predicted octanol–water partition coefficient (Wildman–Crippen LogP) is -4.16. The summed E-state index contributed by atoms with van der Waals surface area (Å²) < 4.78 is 17.1. The molecule has 10 nitrogen and oxygen atoms in total. The Morgan fingerprint density at radius 1 is 1.00 bits per heavy atom. The van der Waals surface area contributed by atoms with E-state index in [-0.39, 0.29) is 13.2 Å². The molecule has 0 radical (unpaired) electrons. The van der Waals surface area contributed by atoms with Crippen molar-refractivity contribution < 1.29 is 29.5 Å². The monoisotopic (exact) mass is 382 g/mol. The second kappa shape index (κ2) is 9.24. The van der Waals surface area contributed by atoms with Crippen LogP contribution in [0.1, 0.15) is 6.42 Å². The summed E-state index contributed by atoms with van der Waals surface area (Å²) in [5.41, 5.74) is 23.5. The SMILES string of the molecule is NC[C@H]1O[C@H](O[C@H]2[C@H](OCCS)[C@@H](O)[C@H](N)C[C@@H]2N)[C@H](N)[C@@H](O)[C@@H]1O. The summed E-state index contributed by atoms with van der Waals surface area (Å²) >= 11 is 4.09. The third-order valence-electron chi connectivity index (χ3n) is 4.74. The molecular weight excluding hydrogens is 352 g/mol. The van der Waals surface area contributed by atoms with E-state index in [0.29, 0.717) is 12.2 Å². The molecule has 1 aliphatic heterocycles. The van der Waals surface area contributed by atoms with Gasteiger partial charge in [0.2, 0.25) is 0 Å². The Balaban J connectivity index is 2.13. The minimum absolute atomic E-state index is 0.0192. The van der Waals surface area contributed by atoms with Crippen molar-refractivity contribution in [2.75, 3.05) is 18.9 Å². The molecule has 1 aliphatic carbocycles. The molecule has 2 aliphatic rings. The van der Waals surface area contributed by atoms with Crippen LogP contribution in [0.3, 0.4) is 0 Å². The van der Waals surface area contributed by atoms with Gasteiger partial charge >= 0.3 is 0 Å². The minimum Gasteiger partial charge on any atom is -0.389 e. The number of hydrogen-bond acceptors (Lipinski definition) is 11. The highest BCUT2D eigenvalue weighted by Crippen LogP contribution is 2.28. The Morgan fingerprint density at radius 2 is 1.68 bits per heavy atom. The van der Waals surface area contributed by atoms with Crippen LogP contribution in [0.15, 0.2) is 0 Å². The predicted molar refractivity (Wildman–Crippen MR) is 92.7 cm³/mol. The Labute approximate surface area is 152 Å². The van der Waals surface area contributed by atoms with Gasteiger partial charge in [0, 0.05) is 24.4 Å². The third kappa shape index (κ3) is 4.62. The standard InChI is InChI=1S/C14H30N4O6S/c15-4-7-10(20)11(21)8(18)14(23-7)24-12-6(17)3-5(16)9(19)13(12)22-1-2-25/h5-14,19-21,25H,1-4,15-18H2/t5-,6+,7-,8-,9+,10-,11-,12-,13-,14-/m1/s1. The Bertz CT molecular complexity index is 423. The van der Waals surface area contributed by atoms with Crippen molar-refractivity contribution in [3.63, 3.8) is 0 Å². The van der Waals surface area contributed by atoms with E-state index in [2.05, 4.69) is 12.6 Å². The Morgan fingerprint density at radius 3 is 2.28 bits per heavy atom. The summed E-state index contributed by atoms with van der Waals surface area (Å²) in [4.78, 5) is 0. The molecule has 11 N–H and O–H groups in total. The maximum atomic E-state index is 10.3. The normalized spacial score (nSPS) is 48.5. The molecule has 2 fully saturated rings. The largest absolute Gasteiger partial charge is 0.389 e. The summed E-state index contributed by atoms with van der Waals surface area (Å²) in [5, 5.41) is 30.4. The van der Waals surface area contributed by atoms with Crippen LogP contribution in [-0.4, -0.2) is 95.3 Å². The van der Waals surface area contributed by atoms with Gasteiger partial charge in [-0.2, -0.15) is 12.6 Å². The smallest absolute Gasteiger partial charge is 0.176 e. The average Bonchev–Trinajstić information content (AvgIpc) is 2.59. The van der Waals surface area contributed by atoms with Crippen LogP contribution >= 0.6 is 12.6 Å². The maximum absolute atomic E-state index is 10.3. The number of hydrogen-bond donors (Lipinski definition) is 8. The number of aliphatic hydroxyl groups excluding tert-OH is 3. The number of thiol groups is 1. The van der Waals surface area contributed by atoms with E-state index in [4.69, 9.17) is 37.1 Å². The van der Waals surface area contributed by atoms with Crippen molar-refractivity contribution in [1.82, 2.24) is 0 Å². The summed E-state index contributed by atoms with van der Waals surface area (Å²) in [5.74, 6) is 0.444. The number of ether oxygens (including phenoxy) is 3. The first-order valence-corrected chi connectivity index (χ1v) is 8.99. The summed E-state index contributed by atoms with van der Waals surface area (Å²) in [7, 11) is 0. The zero-order valence-electron chi connectivity index (χ0n) is 13.9. The zero-order valence-corrected chi connectivity index (χ0v) is 14.8. The molecule has 1 saturated carbocycles. The van der Waals surface area contributed by atoms with Crippen LogP contribution in [0.2, 0.25) is 0 Å². The fourth-order valence-electron chi connectivity index (χ4n) is 3.25. The van der Waals surface area contributed by atoms with E-state index in [1.165, 1.54) is 0 Å². The molecular formula is C14H30N4O6S. The first kappa shape index (κ1) is 21.3. The van der Waals surface area contributed by atoms with Crippen molar-refractivity contribution in [1.29, 1.82) is 0 Å². The van der Waals surface area contributed by atoms with Crippen LogP contribution in [0.4, 0.5) is 0 Å². The van der Waals surface area contributed by atoms with Gasteiger partial charge < -0.3 is 52.5 Å². The molecule has 1 saturated heterocycles. The van der Waals surface area contributed by atoms with Crippen LogP contribution in [-0.2, 0) is 14.2 Å². The van der Waals surface area contributed by atoms with Crippen molar-refractivity contribution in [2.24, 2.45) is 22.9 Å². The van der Waals surface area contributed by atoms with E-state index >= 15 is 0 Å². The molecule has 0 aromatic heterocycles. The quantitative estimate of drug-likeness (QED) is 0.209. The fourth-order valence-corrected chi connectivity index (χ4v) is 3.36. The molecule has 0 unspecified atom stereocenters. The van der Waals surface area contributed by atoms with E-state index in [1.54, 1.807) is 0 Å². The van der Waals surface area contributed by atoms with Gasteiger partial charge in [0.1, 0.15) is 30.5 Å². The highest BCUT2D eigenvalue weighted by molar-refractivity contribution is 7.80. The molecule has 148 valence electrons. The zero-order chi connectivity index (χ0) is 18.7. The van der Waals surface area contributed by atoms with Crippen LogP contribution < -0.4 is 22.9 Å². The molecule has 0 amide bonds. The van der Waals surface area contributed by atoms with Crippen LogP contribution in [0.25, 0.3) is 0 Å². The molecule has 1 heterocycles. The van der Waals surface area contributed by atoms with Gasteiger partial charge in [-0.25, -0.2) is 0 Å². The summed E-state index contributed by atoms with van der Waals surface area (Å²) in [6.07, 6.45) is -6.58. The molecule has 0 bridgehead atoms. The Kier molecular flexibility index (Phi) is 7.85. The second-order valence-electron chi connectivity index (χ2n) is 6.55. The lowest BCUT2D eigenvalue weighted by Gasteiger charge is -2.46. The van der Waals surface area contributed by atoms with Crippen LogP contribution in [0, 0.1) is 0 Å². The lowest BCUT2D eigenvalue weighted by molar-refractivity contribution is -0.290. The van der Waals surface area contributed by atoms with Crippen molar-refractivity contribution >= 4 is 12.6 Å². The van der Waals surface area contributed by atoms with Gasteiger partial charge in [-0.3, -0.25) is 0 Å². The molecule has 2 rings (SSSR count). The number of nitrogens with two attached hydrogens (primary N) is 4. The average molecular weight is 382 g/mol. The van der Waals surface area contributed by atoms with E-state index in [9.17, 15) is 15.3 Å². The lowest BCUT2D eigenvalue weighted by atomic mass is 9.84. The van der Waals surface area contributed by atoms with Crippen LogP contribution in [0.5, 0.6) is 0 Å². The highest BCUT2D eigenvalue weighted by atomic mass is 32.1. The van der Waals surface area contributed by atoms with Crippen molar-refractivity contribution in [3.8, 4) is 0 Å².